The van der Waals surface area contributed by atoms with Gasteiger partial charge in [0, 0.05) is 6.42 Å². The summed E-state index contributed by atoms with van der Waals surface area (Å²) < 4.78 is 5.57. The molecule has 6 heteroatoms. The van der Waals surface area contributed by atoms with E-state index in [1.807, 2.05) is 31.2 Å². The molecule has 5 nitrogen and oxygen atoms in total. The van der Waals surface area contributed by atoms with Crippen molar-refractivity contribution in [1.82, 2.24) is 4.98 Å². The van der Waals surface area contributed by atoms with E-state index in [-0.39, 0.29) is 12.2 Å². The van der Waals surface area contributed by atoms with Crippen molar-refractivity contribution in [3.8, 4) is 5.75 Å². The quantitative estimate of drug-likeness (QED) is 0.758. The topological polar surface area (TPSA) is 82.3 Å². The lowest BCUT2D eigenvalue weighted by Gasteiger charge is -2.05. The van der Waals surface area contributed by atoms with Crippen LogP contribution >= 0.6 is 11.3 Å². The third-order valence-electron chi connectivity index (χ3n) is 3.03. The van der Waals surface area contributed by atoms with Crippen LogP contribution in [0, 0.1) is 6.92 Å². The van der Waals surface area contributed by atoms with Crippen LogP contribution in [0.15, 0.2) is 30.5 Å². The minimum absolute atomic E-state index is 0.0814. The van der Waals surface area contributed by atoms with Gasteiger partial charge in [-0.2, -0.15) is 0 Å². The summed E-state index contributed by atoms with van der Waals surface area (Å²) in [5.41, 5.74) is 6.33. The van der Waals surface area contributed by atoms with E-state index in [9.17, 15) is 9.59 Å². The maximum atomic E-state index is 11.8. The highest BCUT2D eigenvalue weighted by Crippen LogP contribution is 2.14. The van der Waals surface area contributed by atoms with Crippen molar-refractivity contribution >= 4 is 23.0 Å². The van der Waals surface area contributed by atoms with Crippen LogP contribution in [0.25, 0.3) is 0 Å². The predicted molar refractivity (Wildman–Crippen MR) is 85.3 cm³/mol. The molecule has 2 rings (SSSR count). The number of aryl methyl sites for hydroxylation is 1. The number of thiazole rings is 1. The number of rotatable bonds is 8. The van der Waals surface area contributed by atoms with Gasteiger partial charge in [-0.3, -0.25) is 9.59 Å². The Bertz CT molecular complexity index is 650. The van der Waals surface area contributed by atoms with Gasteiger partial charge in [0.05, 0.1) is 19.2 Å². The third kappa shape index (κ3) is 4.96. The highest BCUT2D eigenvalue weighted by Gasteiger charge is 2.10. The summed E-state index contributed by atoms with van der Waals surface area (Å²) in [4.78, 5) is 27.2. The molecule has 0 fully saturated rings. The zero-order valence-electron chi connectivity index (χ0n) is 12.4. The van der Waals surface area contributed by atoms with Gasteiger partial charge in [0.25, 0.3) is 5.91 Å². The van der Waals surface area contributed by atoms with Gasteiger partial charge in [0.1, 0.15) is 21.4 Å². The predicted octanol–water partition coefficient (Wildman–Crippen LogP) is 2.52. The van der Waals surface area contributed by atoms with Crippen LogP contribution < -0.4 is 10.5 Å². The number of carbonyl (C=O) groups excluding carboxylic acids is 2. The highest BCUT2D eigenvalue weighted by molar-refractivity contribution is 7.13. The SMILES string of the molecule is Cc1ccc(OCCCC(=O)Cc2ncc(C(N)=O)s2)cc1. The van der Waals surface area contributed by atoms with E-state index in [4.69, 9.17) is 10.5 Å². The van der Waals surface area contributed by atoms with E-state index in [0.717, 1.165) is 5.75 Å². The number of amides is 1. The largest absolute Gasteiger partial charge is 0.494 e. The number of primary amides is 1. The van der Waals surface area contributed by atoms with Crippen LogP contribution in [0.4, 0.5) is 0 Å². The zero-order chi connectivity index (χ0) is 15.9. The zero-order valence-corrected chi connectivity index (χ0v) is 13.2. The monoisotopic (exact) mass is 318 g/mol. The standard InChI is InChI=1S/C16H18N2O3S/c1-11-4-6-13(7-5-11)21-8-2-3-12(19)9-15-18-10-14(22-15)16(17)20/h4-7,10H,2-3,8-9H2,1H3,(H2,17,20). The smallest absolute Gasteiger partial charge is 0.260 e. The van der Waals surface area contributed by atoms with E-state index in [1.54, 1.807) is 0 Å². The Morgan fingerprint density at radius 3 is 2.64 bits per heavy atom. The molecule has 0 unspecified atom stereocenters. The van der Waals surface area contributed by atoms with Crippen molar-refractivity contribution in [1.29, 1.82) is 0 Å². The first-order valence-corrected chi connectivity index (χ1v) is 7.82. The van der Waals surface area contributed by atoms with E-state index >= 15 is 0 Å². The first-order valence-electron chi connectivity index (χ1n) is 7.00. The van der Waals surface area contributed by atoms with Crippen molar-refractivity contribution in [2.75, 3.05) is 6.61 Å². The lowest BCUT2D eigenvalue weighted by Crippen LogP contribution is -2.08. The highest BCUT2D eigenvalue weighted by atomic mass is 32.1. The number of Topliss-reactive ketones (excluding diaryl/α,β-unsaturated/α-hetero) is 1. The Morgan fingerprint density at radius 2 is 2.00 bits per heavy atom. The average Bonchev–Trinajstić information content (AvgIpc) is 2.94. The molecule has 0 saturated carbocycles. The molecule has 1 heterocycles. The molecule has 2 N–H and O–H groups in total. The molecule has 0 spiro atoms. The number of nitrogens with two attached hydrogens (primary N) is 1. The Kier molecular flexibility index (Phi) is 5.66. The number of ether oxygens (including phenoxy) is 1. The summed E-state index contributed by atoms with van der Waals surface area (Å²) in [5, 5.41) is 0.623. The van der Waals surface area contributed by atoms with Gasteiger partial charge in [-0.25, -0.2) is 4.98 Å². The third-order valence-corrected chi connectivity index (χ3v) is 4.05. The van der Waals surface area contributed by atoms with Crippen LogP contribution in [0.1, 0.15) is 33.1 Å². The fourth-order valence-corrected chi connectivity index (χ4v) is 2.66. The molecule has 0 aliphatic heterocycles. The molecular formula is C16H18N2O3S. The van der Waals surface area contributed by atoms with Gasteiger partial charge in [-0.15, -0.1) is 11.3 Å². The number of aromatic nitrogens is 1. The van der Waals surface area contributed by atoms with Gasteiger partial charge in [0.2, 0.25) is 0 Å². The number of benzene rings is 1. The van der Waals surface area contributed by atoms with Gasteiger partial charge < -0.3 is 10.5 Å². The number of ketones is 1. The Hall–Kier alpha value is -2.21. The summed E-state index contributed by atoms with van der Waals surface area (Å²) in [6, 6.07) is 7.80. The van der Waals surface area contributed by atoms with Gasteiger partial charge in [-0.1, -0.05) is 17.7 Å². The summed E-state index contributed by atoms with van der Waals surface area (Å²) in [6.07, 6.45) is 2.73. The normalized spacial score (nSPS) is 10.4. The molecule has 0 atom stereocenters. The van der Waals surface area contributed by atoms with Crippen LogP contribution in [0.3, 0.4) is 0 Å². The Morgan fingerprint density at radius 1 is 1.27 bits per heavy atom. The molecular weight excluding hydrogens is 300 g/mol. The molecule has 0 aliphatic rings. The number of hydrogen-bond acceptors (Lipinski definition) is 5. The summed E-state index contributed by atoms with van der Waals surface area (Å²) >= 11 is 1.17. The molecule has 0 saturated heterocycles. The van der Waals surface area contributed by atoms with E-state index in [0.29, 0.717) is 29.3 Å². The fourth-order valence-electron chi connectivity index (χ4n) is 1.86. The average molecular weight is 318 g/mol. The molecule has 1 amide bonds. The molecule has 0 bridgehead atoms. The molecule has 2 aromatic rings. The second-order valence-electron chi connectivity index (χ2n) is 4.96. The minimum atomic E-state index is -0.511. The van der Waals surface area contributed by atoms with Gasteiger partial charge in [-0.05, 0) is 25.5 Å². The minimum Gasteiger partial charge on any atom is -0.494 e. The molecule has 1 aromatic carbocycles. The summed E-state index contributed by atoms with van der Waals surface area (Å²) in [5.74, 6) is 0.379. The number of nitrogens with zero attached hydrogens (tertiary/aromatic N) is 1. The van der Waals surface area contributed by atoms with Crippen LogP contribution in [-0.2, 0) is 11.2 Å². The van der Waals surface area contributed by atoms with Crippen LogP contribution in [0.2, 0.25) is 0 Å². The lowest BCUT2D eigenvalue weighted by molar-refractivity contribution is -0.118. The van der Waals surface area contributed by atoms with Crippen molar-refractivity contribution in [2.45, 2.75) is 26.2 Å². The van der Waals surface area contributed by atoms with Crippen molar-refractivity contribution in [3.05, 3.63) is 45.9 Å². The first kappa shape index (κ1) is 16.2. The first-order chi connectivity index (χ1) is 10.5. The molecule has 22 heavy (non-hydrogen) atoms. The van der Waals surface area contributed by atoms with E-state index in [2.05, 4.69) is 4.98 Å². The molecule has 1 aromatic heterocycles. The van der Waals surface area contributed by atoms with Gasteiger partial charge >= 0.3 is 0 Å². The maximum absolute atomic E-state index is 11.8. The molecule has 0 aliphatic carbocycles. The second kappa shape index (κ2) is 7.70. The number of carbonyl (C=O) groups is 2. The Labute approximate surface area is 133 Å². The molecule has 116 valence electrons. The van der Waals surface area contributed by atoms with E-state index < -0.39 is 5.91 Å². The van der Waals surface area contributed by atoms with Crippen LogP contribution in [-0.4, -0.2) is 23.3 Å². The van der Waals surface area contributed by atoms with Crippen molar-refractivity contribution in [3.63, 3.8) is 0 Å². The summed E-state index contributed by atoms with van der Waals surface area (Å²) in [6.45, 7) is 2.52. The molecule has 0 radical (unpaired) electrons. The lowest BCUT2D eigenvalue weighted by atomic mass is 10.2. The van der Waals surface area contributed by atoms with Crippen molar-refractivity contribution < 1.29 is 14.3 Å². The van der Waals surface area contributed by atoms with Crippen LogP contribution in [0.5, 0.6) is 5.75 Å². The summed E-state index contributed by atoms with van der Waals surface area (Å²) in [7, 11) is 0. The fraction of sp³-hybridized carbons (Fsp3) is 0.312. The second-order valence-corrected chi connectivity index (χ2v) is 6.08. The number of hydrogen-bond donors (Lipinski definition) is 1. The van der Waals surface area contributed by atoms with E-state index in [1.165, 1.54) is 23.1 Å². The Balaban J connectivity index is 1.69. The van der Waals surface area contributed by atoms with Gasteiger partial charge in [0.15, 0.2) is 0 Å². The van der Waals surface area contributed by atoms with Crippen molar-refractivity contribution in [2.24, 2.45) is 5.73 Å². The maximum Gasteiger partial charge on any atom is 0.260 e.